The molecular weight excluding hydrogens is 414 g/mol. The van der Waals surface area contributed by atoms with Gasteiger partial charge >= 0.3 is 0 Å². The normalized spacial score (nSPS) is 15.7. The number of likely N-dealkylation sites (tertiary alicyclic amines) is 1. The zero-order valence-electron chi connectivity index (χ0n) is 18.8. The Labute approximate surface area is 192 Å². The largest absolute Gasteiger partial charge is 0.496 e. The fourth-order valence-corrected chi connectivity index (χ4v) is 4.51. The van der Waals surface area contributed by atoms with Crippen LogP contribution in [0.4, 0.5) is 5.82 Å². The van der Waals surface area contributed by atoms with Crippen molar-refractivity contribution in [1.82, 2.24) is 20.1 Å². The van der Waals surface area contributed by atoms with Crippen LogP contribution < -0.4 is 10.1 Å². The number of hydrogen-bond donors (Lipinski definition) is 2. The van der Waals surface area contributed by atoms with Crippen molar-refractivity contribution in [3.8, 4) is 5.75 Å². The van der Waals surface area contributed by atoms with Crippen LogP contribution in [0.15, 0.2) is 60.7 Å². The number of pyridine rings is 1. The molecule has 1 aliphatic rings. The predicted molar refractivity (Wildman–Crippen MR) is 129 cm³/mol. The van der Waals surface area contributed by atoms with E-state index in [0.717, 1.165) is 34.5 Å². The average Bonchev–Trinajstić information content (AvgIpc) is 3.50. The molecule has 0 aliphatic carbocycles. The fraction of sp³-hybridized carbons (Fsp3) is 0.269. The van der Waals surface area contributed by atoms with E-state index in [9.17, 15) is 4.79 Å². The van der Waals surface area contributed by atoms with Gasteiger partial charge in [-0.25, -0.2) is 4.98 Å². The highest BCUT2D eigenvalue weighted by molar-refractivity contribution is 5.97. The Balaban J connectivity index is 1.29. The number of aromatic nitrogens is 3. The van der Waals surface area contributed by atoms with Crippen LogP contribution >= 0.6 is 0 Å². The number of aromatic amines is 1. The van der Waals surface area contributed by atoms with Crippen molar-refractivity contribution in [1.29, 1.82) is 0 Å². The topological polar surface area (TPSA) is 83.1 Å². The first-order valence-corrected chi connectivity index (χ1v) is 11.2. The number of para-hydroxylation sites is 1. The number of aryl methyl sites for hydroxylation is 1. The van der Waals surface area contributed by atoms with Gasteiger partial charge in [-0.1, -0.05) is 42.5 Å². The average molecular weight is 442 g/mol. The molecule has 0 unspecified atom stereocenters. The van der Waals surface area contributed by atoms with E-state index in [-0.39, 0.29) is 11.8 Å². The number of nitrogens with one attached hydrogen (secondary N) is 2. The van der Waals surface area contributed by atoms with Crippen LogP contribution in [0, 0.1) is 6.92 Å². The summed E-state index contributed by atoms with van der Waals surface area (Å²) in [6.07, 6.45) is 0.881. The summed E-state index contributed by atoms with van der Waals surface area (Å²) in [7, 11) is 1.61. The summed E-state index contributed by atoms with van der Waals surface area (Å²) in [5.41, 5.74) is 4.51. The van der Waals surface area contributed by atoms with E-state index in [1.54, 1.807) is 7.11 Å². The number of methoxy groups -OCH3 is 1. The molecule has 2 N–H and O–H groups in total. The third kappa shape index (κ3) is 4.14. The fourth-order valence-electron chi connectivity index (χ4n) is 4.51. The number of amides is 1. The first kappa shape index (κ1) is 21.0. The van der Waals surface area contributed by atoms with Crippen LogP contribution in [0.3, 0.4) is 0 Å². The number of benzene rings is 2. The summed E-state index contributed by atoms with van der Waals surface area (Å²) in [5, 5.41) is 11.8. The second-order valence-corrected chi connectivity index (χ2v) is 8.44. The van der Waals surface area contributed by atoms with Crippen molar-refractivity contribution in [2.45, 2.75) is 25.8 Å². The number of nitrogens with zero attached hydrogens (tertiary/aromatic N) is 3. The minimum absolute atomic E-state index is 0.00747. The Morgan fingerprint density at radius 1 is 1.15 bits per heavy atom. The molecule has 1 fully saturated rings. The molecule has 4 aromatic rings. The van der Waals surface area contributed by atoms with Gasteiger partial charge in [0.15, 0.2) is 11.5 Å². The third-order valence-corrected chi connectivity index (χ3v) is 6.29. The Kier molecular flexibility index (Phi) is 5.69. The van der Waals surface area contributed by atoms with Gasteiger partial charge in [0.1, 0.15) is 5.75 Å². The molecule has 7 nitrogen and oxygen atoms in total. The summed E-state index contributed by atoms with van der Waals surface area (Å²) in [4.78, 5) is 19.9. The lowest BCUT2D eigenvalue weighted by atomic mass is 10.0. The zero-order chi connectivity index (χ0) is 22.8. The van der Waals surface area contributed by atoms with E-state index >= 15 is 0 Å². The first-order valence-electron chi connectivity index (χ1n) is 11.2. The molecule has 1 amide bonds. The second kappa shape index (κ2) is 8.94. The standard InChI is InChI=1S/C26H27N5O2/c1-17-7-6-10-20(23(17)33-2)26(32)31-14-13-19(16-31)22-12-11-21-24(29-30-25(21)28-22)27-15-18-8-4-3-5-9-18/h3-12,19H,13-16H2,1-2H3,(H2,27,28,29,30)/t19-/m0/s1. The van der Waals surface area contributed by atoms with Gasteiger partial charge in [-0.15, -0.1) is 0 Å². The number of carbonyl (C=O) groups is 1. The molecule has 0 spiro atoms. The maximum Gasteiger partial charge on any atom is 0.257 e. The molecule has 3 heterocycles. The van der Waals surface area contributed by atoms with Crippen molar-refractivity contribution in [2.24, 2.45) is 0 Å². The Morgan fingerprint density at radius 2 is 2.00 bits per heavy atom. The van der Waals surface area contributed by atoms with Crippen molar-refractivity contribution >= 4 is 22.8 Å². The van der Waals surface area contributed by atoms with Crippen LogP contribution in [0.1, 0.15) is 39.5 Å². The molecule has 1 atom stereocenters. The third-order valence-electron chi connectivity index (χ3n) is 6.29. The maximum atomic E-state index is 13.2. The number of fused-ring (bicyclic) bond motifs is 1. The van der Waals surface area contributed by atoms with Crippen molar-refractivity contribution < 1.29 is 9.53 Å². The van der Waals surface area contributed by atoms with Gasteiger partial charge in [0.05, 0.1) is 18.1 Å². The quantitative estimate of drug-likeness (QED) is 0.460. The molecule has 33 heavy (non-hydrogen) atoms. The molecule has 0 bridgehead atoms. The highest BCUT2D eigenvalue weighted by Crippen LogP contribution is 2.31. The highest BCUT2D eigenvalue weighted by atomic mass is 16.5. The molecule has 2 aromatic heterocycles. The molecule has 7 heteroatoms. The van der Waals surface area contributed by atoms with Crippen molar-refractivity contribution in [3.63, 3.8) is 0 Å². The summed E-state index contributed by atoms with van der Waals surface area (Å²) in [6.45, 7) is 3.99. The SMILES string of the molecule is COc1c(C)cccc1C(=O)N1CC[C@H](c2ccc3c(NCc4ccccc4)n[nH]c3n2)C1. The lowest BCUT2D eigenvalue weighted by Gasteiger charge is -2.19. The van der Waals surface area contributed by atoms with E-state index < -0.39 is 0 Å². The van der Waals surface area contributed by atoms with Gasteiger partial charge in [-0.3, -0.25) is 9.89 Å². The zero-order valence-corrected chi connectivity index (χ0v) is 18.8. The first-order chi connectivity index (χ1) is 16.1. The number of hydrogen-bond acceptors (Lipinski definition) is 5. The number of ether oxygens (including phenoxy) is 1. The Morgan fingerprint density at radius 3 is 2.82 bits per heavy atom. The second-order valence-electron chi connectivity index (χ2n) is 8.44. The van der Waals surface area contributed by atoms with E-state index in [1.807, 2.05) is 48.2 Å². The van der Waals surface area contributed by atoms with Crippen LogP contribution in [0.2, 0.25) is 0 Å². The molecule has 0 saturated carbocycles. The number of rotatable bonds is 6. The highest BCUT2D eigenvalue weighted by Gasteiger charge is 2.30. The van der Waals surface area contributed by atoms with Gasteiger partial charge in [0, 0.05) is 31.2 Å². The summed E-state index contributed by atoms with van der Waals surface area (Å²) < 4.78 is 5.49. The van der Waals surface area contributed by atoms with Crippen molar-refractivity contribution in [3.05, 3.63) is 83.0 Å². The molecule has 1 saturated heterocycles. The van der Waals surface area contributed by atoms with E-state index in [0.29, 0.717) is 30.9 Å². The van der Waals surface area contributed by atoms with Gasteiger partial charge in [-0.05, 0) is 42.7 Å². The van der Waals surface area contributed by atoms with Gasteiger partial charge in [0.2, 0.25) is 0 Å². The summed E-state index contributed by atoms with van der Waals surface area (Å²) in [6, 6.07) is 20.0. The van der Waals surface area contributed by atoms with Crippen molar-refractivity contribution in [2.75, 3.05) is 25.5 Å². The molecule has 2 aromatic carbocycles. The molecule has 5 rings (SSSR count). The molecular formula is C26H27N5O2. The summed E-state index contributed by atoms with van der Waals surface area (Å²) >= 11 is 0. The number of H-pyrrole nitrogens is 1. The van der Waals surface area contributed by atoms with E-state index in [2.05, 4.69) is 39.8 Å². The predicted octanol–water partition coefficient (Wildman–Crippen LogP) is 4.52. The molecule has 0 radical (unpaired) electrons. The monoisotopic (exact) mass is 441 g/mol. The van der Waals surface area contributed by atoms with Crippen LogP contribution in [0.25, 0.3) is 11.0 Å². The van der Waals surface area contributed by atoms with E-state index in [4.69, 9.17) is 9.72 Å². The number of carbonyl (C=O) groups excluding carboxylic acids is 1. The molecule has 1 aliphatic heterocycles. The van der Waals surface area contributed by atoms with Gasteiger partial charge in [-0.2, -0.15) is 5.10 Å². The number of anilines is 1. The minimum Gasteiger partial charge on any atom is -0.496 e. The molecule has 168 valence electrons. The van der Waals surface area contributed by atoms with Gasteiger partial charge < -0.3 is 15.0 Å². The maximum absolute atomic E-state index is 13.2. The smallest absolute Gasteiger partial charge is 0.257 e. The summed E-state index contributed by atoms with van der Waals surface area (Å²) in [5.74, 6) is 1.65. The Bertz CT molecular complexity index is 1280. The van der Waals surface area contributed by atoms with E-state index in [1.165, 1.54) is 5.56 Å². The van der Waals surface area contributed by atoms with Crippen LogP contribution in [-0.4, -0.2) is 46.2 Å². The lowest BCUT2D eigenvalue weighted by molar-refractivity contribution is 0.0787. The van der Waals surface area contributed by atoms with Crippen LogP contribution in [-0.2, 0) is 6.54 Å². The van der Waals surface area contributed by atoms with Crippen LogP contribution in [0.5, 0.6) is 5.75 Å². The van der Waals surface area contributed by atoms with Gasteiger partial charge in [0.25, 0.3) is 5.91 Å². The lowest BCUT2D eigenvalue weighted by Crippen LogP contribution is -2.29. The Hall–Kier alpha value is -3.87. The minimum atomic E-state index is 0.00747.